The van der Waals surface area contributed by atoms with Gasteiger partial charge in [-0.15, -0.1) is 0 Å². The average molecular weight is 471 g/mol. The van der Waals surface area contributed by atoms with Crippen molar-refractivity contribution in [3.8, 4) is 0 Å². The summed E-state index contributed by atoms with van der Waals surface area (Å²) in [5, 5.41) is 0. The van der Waals surface area contributed by atoms with Crippen LogP contribution < -0.4 is 20.9 Å². The molecule has 8 nitrogen and oxygen atoms in total. The van der Waals surface area contributed by atoms with Gasteiger partial charge in [-0.1, -0.05) is 35.9 Å². The molecule has 10 heteroatoms. The fourth-order valence-electron chi connectivity index (χ4n) is 2.16. The summed E-state index contributed by atoms with van der Waals surface area (Å²) in [6.07, 6.45) is 0. The van der Waals surface area contributed by atoms with Gasteiger partial charge in [0, 0.05) is 24.2 Å². The number of rotatable bonds is 8. The summed E-state index contributed by atoms with van der Waals surface area (Å²) in [7, 11) is -6.89. The third kappa shape index (κ3) is 9.06. The van der Waals surface area contributed by atoms with Gasteiger partial charge in [-0.2, -0.15) is 0 Å². The predicted octanol–water partition coefficient (Wildman–Crippen LogP) is 1.71. The average Bonchev–Trinajstić information content (AvgIpc) is 2.68. The van der Waals surface area contributed by atoms with Gasteiger partial charge in [-0.05, 0) is 58.9 Å². The Morgan fingerprint density at radius 2 is 1.00 bits per heavy atom. The third-order valence-corrected chi connectivity index (χ3v) is 7.79. The van der Waals surface area contributed by atoms with E-state index in [1.165, 1.54) is 0 Å². The molecule has 4 atom stereocenters. The molecule has 4 unspecified atom stereocenters. The van der Waals surface area contributed by atoms with Crippen LogP contribution in [0.15, 0.2) is 64.4 Å². The molecule has 0 spiro atoms. The summed E-state index contributed by atoms with van der Waals surface area (Å²) in [4.78, 5) is 0.531. The summed E-state index contributed by atoms with van der Waals surface area (Å²) >= 11 is 0. The minimum atomic E-state index is -3.45. The van der Waals surface area contributed by atoms with E-state index in [-0.39, 0.29) is 34.0 Å². The normalized spacial score (nSPS) is 15.8. The number of sulfonamides is 2. The lowest BCUT2D eigenvalue weighted by Gasteiger charge is -2.17. The monoisotopic (exact) mass is 470 g/mol. The molecule has 2 rings (SSSR count). The minimum absolute atomic E-state index is 0.219. The van der Waals surface area contributed by atoms with Crippen molar-refractivity contribution in [2.75, 3.05) is 0 Å². The largest absolute Gasteiger partial charge is 0.327 e. The maximum absolute atomic E-state index is 11.9. The van der Waals surface area contributed by atoms with Gasteiger partial charge in [0.2, 0.25) is 20.0 Å². The second kappa shape index (κ2) is 11.7. The molecule has 174 valence electrons. The van der Waals surface area contributed by atoms with E-state index >= 15 is 0 Å². The summed E-state index contributed by atoms with van der Waals surface area (Å²) in [6, 6.07) is 14.0. The molecule has 31 heavy (non-hydrogen) atoms. The number of hydrogen-bond acceptors (Lipinski definition) is 6. The summed E-state index contributed by atoms with van der Waals surface area (Å²) in [5.74, 6) is 0. The number of aryl methyl sites for hydroxylation is 1. The number of nitrogens with two attached hydrogens (primary N) is 2. The van der Waals surface area contributed by atoms with Crippen molar-refractivity contribution in [3.05, 3.63) is 60.2 Å². The zero-order chi connectivity index (χ0) is 23.8. The van der Waals surface area contributed by atoms with Crippen LogP contribution in [-0.2, 0) is 20.0 Å². The third-order valence-electron chi connectivity index (χ3n) is 4.64. The first-order valence-electron chi connectivity index (χ1n) is 9.94. The van der Waals surface area contributed by atoms with Gasteiger partial charge in [0.1, 0.15) is 0 Å². The molecule has 0 saturated heterocycles. The van der Waals surface area contributed by atoms with E-state index in [0.717, 1.165) is 5.56 Å². The highest BCUT2D eigenvalue weighted by Gasteiger charge is 2.19. The number of benzene rings is 2. The molecule has 0 aromatic heterocycles. The summed E-state index contributed by atoms with van der Waals surface area (Å²) in [5.41, 5.74) is 12.2. The van der Waals surface area contributed by atoms with Crippen molar-refractivity contribution in [2.24, 2.45) is 11.5 Å². The van der Waals surface area contributed by atoms with Crippen LogP contribution in [-0.4, -0.2) is 41.0 Å². The number of hydrogen-bond donors (Lipinski definition) is 4. The predicted molar refractivity (Wildman–Crippen MR) is 124 cm³/mol. The first-order chi connectivity index (χ1) is 14.3. The topological polar surface area (TPSA) is 144 Å². The van der Waals surface area contributed by atoms with Gasteiger partial charge >= 0.3 is 0 Å². The van der Waals surface area contributed by atoms with Gasteiger partial charge in [0.25, 0.3) is 0 Å². The second-order valence-electron chi connectivity index (χ2n) is 7.66. The van der Waals surface area contributed by atoms with E-state index in [9.17, 15) is 16.8 Å². The molecule has 0 radical (unpaired) electrons. The summed E-state index contributed by atoms with van der Waals surface area (Å²) in [6.45, 7) is 8.93. The van der Waals surface area contributed by atoms with Gasteiger partial charge in [0.05, 0.1) is 9.79 Å². The zero-order valence-corrected chi connectivity index (χ0v) is 20.2. The van der Waals surface area contributed by atoms with E-state index < -0.39 is 20.0 Å². The molecule has 0 bridgehead atoms. The SMILES string of the molecule is CC(N)C(C)NS(=O)(=O)c1ccccc1.Cc1ccc(S(=O)(=O)NC(C)C(C)N)cc1. The molecule has 0 fully saturated rings. The van der Waals surface area contributed by atoms with Crippen molar-refractivity contribution in [3.63, 3.8) is 0 Å². The molecule has 0 aliphatic carbocycles. The van der Waals surface area contributed by atoms with E-state index in [2.05, 4.69) is 9.44 Å². The molecule has 0 amide bonds. The second-order valence-corrected chi connectivity index (χ2v) is 11.1. The molecule has 0 heterocycles. The van der Waals surface area contributed by atoms with Gasteiger partial charge in [0.15, 0.2) is 0 Å². The standard InChI is InChI=1S/C11H18N2O2S.C10H16N2O2S/c1-8-4-6-11(7-5-8)16(14,15)13-10(3)9(2)12;1-8(11)9(2)12-15(13,14)10-6-4-3-5-7-10/h4-7,9-10,13H,12H2,1-3H3;3-9,12H,11H2,1-2H3. The van der Waals surface area contributed by atoms with Gasteiger partial charge in [-0.25, -0.2) is 26.3 Å². The Morgan fingerprint density at radius 1 is 0.645 bits per heavy atom. The lowest BCUT2D eigenvalue weighted by Crippen LogP contribution is -2.43. The molecule has 0 aliphatic heterocycles. The lowest BCUT2D eigenvalue weighted by atomic mass is 10.2. The van der Waals surface area contributed by atoms with E-state index in [4.69, 9.17) is 11.5 Å². The molecule has 0 aliphatic rings. The van der Waals surface area contributed by atoms with E-state index in [1.54, 1.807) is 82.3 Å². The van der Waals surface area contributed by atoms with Crippen LogP contribution >= 0.6 is 0 Å². The molecular formula is C21H34N4O4S2. The molecular weight excluding hydrogens is 436 g/mol. The smallest absolute Gasteiger partial charge is 0.240 e. The van der Waals surface area contributed by atoms with Gasteiger partial charge < -0.3 is 11.5 Å². The Hall–Kier alpha value is -1.82. The first-order valence-corrected chi connectivity index (χ1v) is 12.9. The van der Waals surface area contributed by atoms with Gasteiger partial charge in [-0.3, -0.25) is 0 Å². The fraction of sp³-hybridized carbons (Fsp3) is 0.429. The quantitative estimate of drug-likeness (QED) is 0.462. The molecule has 2 aromatic carbocycles. The maximum Gasteiger partial charge on any atom is 0.240 e. The zero-order valence-electron chi connectivity index (χ0n) is 18.6. The van der Waals surface area contributed by atoms with Crippen LogP contribution in [0.3, 0.4) is 0 Å². The first kappa shape index (κ1) is 27.2. The Balaban J connectivity index is 0.000000311. The highest BCUT2D eigenvalue weighted by atomic mass is 32.2. The number of nitrogens with one attached hydrogen (secondary N) is 2. The highest BCUT2D eigenvalue weighted by molar-refractivity contribution is 7.89. The van der Waals surface area contributed by atoms with Crippen LogP contribution in [0.1, 0.15) is 33.3 Å². The van der Waals surface area contributed by atoms with Crippen LogP contribution in [0, 0.1) is 6.92 Å². The Labute approximate surface area is 186 Å². The summed E-state index contributed by atoms with van der Waals surface area (Å²) < 4.78 is 52.4. The van der Waals surface area contributed by atoms with Crippen molar-refractivity contribution in [1.82, 2.24) is 9.44 Å². The van der Waals surface area contributed by atoms with Crippen molar-refractivity contribution in [1.29, 1.82) is 0 Å². The fourth-order valence-corrected chi connectivity index (χ4v) is 4.85. The van der Waals surface area contributed by atoms with Crippen LogP contribution in [0.5, 0.6) is 0 Å². The molecule has 0 saturated carbocycles. The highest BCUT2D eigenvalue weighted by Crippen LogP contribution is 2.11. The lowest BCUT2D eigenvalue weighted by molar-refractivity contribution is 0.522. The van der Waals surface area contributed by atoms with Crippen LogP contribution in [0.4, 0.5) is 0 Å². The van der Waals surface area contributed by atoms with Crippen LogP contribution in [0.2, 0.25) is 0 Å². The van der Waals surface area contributed by atoms with Crippen LogP contribution in [0.25, 0.3) is 0 Å². The molecule has 6 N–H and O–H groups in total. The Kier molecular flexibility index (Phi) is 10.3. The molecule has 2 aromatic rings. The van der Waals surface area contributed by atoms with Crippen molar-refractivity contribution < 1.29 is 16.8 Å². The van der Waals surface area contributed by atoms with Crippen molar-refractivity contribution >= 4 is 20.0 Å². The maximum atomic E-state index is 11.9. The Morgan fingerprint density at radius 3 is 1.35 bits per heavy atom. The Bertz CT molecular complexity index is 1010. The van der Waals surface area contributed by atoms with E-state index in [0.29, 0.717) is 0 Å². The van der Waals surface area contributed by atoms with E-state index in [1.807, 2.05) is 6.92 Å². The minimum Gasteiger partial charge on any atom is -0.327 e. The van der Waals surface area contributed by atoms with Crippen molar-refractivity contribution in [2.45, 2.75) is 68.6 Å².